The number of nitrogens with one attached hydrogen (secondary N) is 1. The summed E-state index contributed by atoms with van der Waals surface area (Å²) in [4.78, 5) is 25.0. The maximum atomic E-state index is 13.6. The number of aromatic nitrogens is 3. The van der Waals surface area contributed by atoms with Crippen molar-refractivity contribution in [2.24, 2.45) is 0 Å². The van der Waals surface area contributed by atoms with Gasteiger partial charge in [-0.1, -0.05) is 6.07 Å². The fourth-order valence-corrected chi connectivity index (χ4v) is 4.36. The monoisotopic (exact) mass is 436 g/mol. The molecule has 0 fully saturated rings. The zero-order valence-corrected chi connectivity index (χ0v) is 18.4. The van der Waals surface area contributed by atoms with E-state index in [0.29, 0.717) is 24.2 Å². The summed E-state index contributed by atoms with van der Waals surface area (Å²) in [6.07, 6.45) is 1.78. The predicted octanol–water partition coefficient (Wildman–Crippen LogP) is 4.71. The number of rotatable bonds is 6. The molecule has 32 heavy (non-hydrogen) atoms. The van der Waals surface area contributed by atoms with Crippen molar-refractivity contribution in [1.29, 1.82) is 0 Å². The molecule has 2 N–H and O–H groups in total. The Balaban J connectivity index is 1.98. The van der Waals surface area contributed by atoms with Crippen molar-refractivity contribution < 1.29 is 14.3 Å². The lowest BCUT2D eigenvalue weighted by molar-refractivity contribution is 0.0697. The number of carboxylic acids is 1. The maximum absolute atomic E-state index is 13.6. The van der Waals surface area contributed by atoms with Crippen LogP contribution in [0.2, 0.25) is 0 Å². The number of aromatic carboxylic acids is 1. The highest BCUT2D eigenvalue weighted by Gasteiger charge is 2.21. The van der Waals surface area contributed by atoms with Crippen LogP contribution in [-0.4, -0.2) is 25.4 Å². The van der Waals surface area contributed by atoms with Crippen molar-refractivity contribution in [3.63, 3.8) is 0 Å². The predicted molar refractivity (Wildman–Crippen MR) is 123 cm³/mol. The second kappa shape index (κ2) is 8.11. The van der Waals surface area contributed by atoms with Crippen LogP contribution in [0, 0.1) is 12.7 Å². The van der Waals surface area contributed by atoms with Crippen molar-refractivity contribution in [2.75, 3.05) is 5.32 Å². The molecule has 0 aliphatic carbocycles. The molecular formula is C24H25FN4O3. The van der Waals surface area contributed by atoms with Gasteiger partial charge in [-0.3, -0.25) is 9.36 Å². The van der Waals surface area contributed by atoms with Crippen LogP contribution in [0.5, 0.6) is 0 Å². The van der Waals surface area contributed by atoms with Crippen LogP contribution < -0.4 is 10.9 Å². The lowest BCUT2D eigenvalue weighted by atomic mass is 9.95. The second-order valence-corrected chi connectivity index (χ2v) is 7.88. The van der Waals surface area contributed by atoms with E-state index in [0.717, 1.165) is 33.6 Å². The van der Waals surface area contributed by atoms with E-state index in [1.807, 2.05) is 44.5 Å². The first-order chi connectivity index (χ1) is 15.3. The van der Waals surface area contributed by atoms with E-state index < -0.39 is 11.8 Å². The summed E-state index contributed by atoms with van der Waals surface area (Å²) in [5.74, 6) is -1.83. The second-order valence-electron chi connectivity index (χ2n) is 7.88. The Hall–Kier alpha value is -3.68. The first kappa shape index (κ1) is 21.5. The third-order valence-corrected chi connectivity index (χ3v) is 5.79. The van der Waals surface area contributed by atoms with Crippen LogP contribution in [0.15, 0.2) is 41.3 Å². The Kier molecular flexibility index (Phi) is 5.46. The highest BCUT2D eigenvalue weighted by molar-refractivity contribution is 6.07. The zero-order chi connectivity index (χ0) is 23.2. The average molecular weight is 436 g/mol. The molecule has 0 saturated heterocycles. The van der Waals surface area contributed by atoms with Gasteiger partial charge >= 0.3 is 5.97 Å². The minimum Gasteiger partial charge on any atom is -0.478 e. The number of carboxylic acid groups (broad SMARTS) is 1. The number of halogens is 1. The molecule has 0 aliphatic heterocycles. The van der Waals surface area contributed by atoms with Crippen molar-refractivity contribution in [3.8, 4) is 0 Å². The van der Waals surface area contributed by atoms with Gasteiger partial charge < -0.3 is 10.4 Å². The molecule has 0 aliphatic rings. The molecule has 166 valence electrons. The number of fused-ring (bicyclic) bond motifs is 3. The highest BCUT2D eigenvalue weighted by Crippen LogP contribution is 2.33. The summed E-state index contributed by atoms with van der Waals surface area (Å²) in [6, 6.07) is 7.15. The van der Waals surface area contributed by atoms with E-state index in [1.54, 1.807) is 10.8 Å². The summed E-state index contributed by atoms with van der Waals surface area (Å²) in [5, 5.41) is 19.4. The van der Waals surface area contributed by atoms with Gasteiger partial charge in [0.05, 0.1) is 11.8 Å². The number of benzene rings is 2. The van der Waals surface area contributed by atoms with E-state index in [-0.39, 0.29) is 17.2 Å². The molecule has 2 aromatic carbocycles. The molecule has 1 atom stereocenters. The molecule has 0 radical (unpaired) electrons. The zero-order valence-electron chi connectivity index (χ0n) is 18.4. The van der Waals surface area contributed by atoms with E-state index in [4.69, 9.17) is 0 Å². The van der Waals surface area contributed by atoms with Crippen molar-refractivity contribution >= 4 is 33.5 Å². The van der Waals surface area contributed by atoms with Crippen LogP contribution in [0.4, 0.5) is 10.1 Å². The third kappa shape index (κ3) is 3.41. The molecule has 2 aromatic heterocycles. The standard InChI is InChI=1S/C24H25FN4O3/c1-5-28-22-19(12-26-29(22)6-2)21-16(9-13(3)10-18(21)23(28)30)14(4)27-20-8-7-15(25)11-17(20)24(31)32/h7-12,14,27H,5-6H2,1-4H3,(H,31,32). The summed E-state index contributed by atoms with van der Waals surface area (Å²) < 4.78 is 17.2. The SMILES string of the molecule is CCn1ncc2c3c(C(C)Nc4ccc(F)cc4C(=O)O)cc(C)cc3c(=O)n(CC)c21. The molecule has 0 spiro atoms. The molecule has 4 aromatic rings. The number of aryl methyl sites for hydroxylation is 3. The first-order valence-electron chi connectivity index (χ1n) is 10.6. The van der Waals surface area contributed by atoms with Gasteiger partial charge in [0.15, 0.2) is 0 Å². The lowest BCUT2D eigenvalue weighted by Gasteiger charge is -2.21. The Morgan fingerprint density at radius 1 is 1.19 bits per heavy atom. The summed E-state index contributed by atoms with van der Waals surface area (Å²) in [6.45, 7) is 8.87. The Morgan fingerprint density at radius 3 is 2.59 bits per heavy atom. The molecule has 7 nitrogen and oxygen atoms in total. The van der Waals surface area contributed by atoms with E-state index in [1.165, 1.54) is 12.1 Å². The minimum atomic E-state index is -1.22. The fraction of sp³-hybridized carbons (Fsp3) is 0.292. The summed E-state index contributed by atoms with van der Waals surface area (Å²) in [5.41, 5.74) is 2.60. The van der Waals surface area contributed by atoms with Crippen LogP contribution in [0.25, 0.3) is 21.8 Å². The molecule has 0 bridgehead atoms. The topological polar surface area (TPSA) is 89.2 Å². The molecule has 4 rings (SSSR count). The number of hydrogen-bond donors (Lipinski definition) is 2. The normalized spacial score (nSPS) is 12.4. The number of pyridine rings is 1. The van der Waals surface area contributed by atoms with Crippen molar-refractivity contribution in [2.45, 2.75) is 46.8 Å². The molecular weight excluding hydrogens is 411 g/mol. The summed E-state index contributed by atoms with van der Waals surface area (Å²) >= 11 is 0. The number of carbonyl (C=O) groups is 1. The van der Waals surface area contributed by atoms with Crippen LogP contribution in [-0.2, 0) is 13.1 Å². The lowest BCUT2D eigenvalue weighted by Crippen LogP contribution is -2.23. The maximum Gasteiger partial charge on any atom is 0.337 e. The number of hydrogen-bond acceptors (Lipinski definition) is 4. The van der Waals surface area contributed by atoms with Gasteiger partial charge in [0.25, 0.3) is 5.56 Å². The average Bonchev–Trinajstić information content (AvgIpc) is 3.18. The number of anilines is 1. The molecule has 8 heteroatoms. The fourth-order valence-electron chi connectivity index (χ4n) is 4.36. The van der Waals surface area contributed by atoms with Gasteiger partial charge in [0, 0.05) is 41.0 Å². The van der Waals surface area contributed by atoms with Gasteiger partial charge in [-0.2, -0.15) is 5.10 Å². The molecule has 0 saturated carbocycles. The van der Waals surface area contributed by atoms with Gasteiger partial charge in [-0.15, -0.1) is 0 Å². The highest BCUT2D eigenvalue weighted by atomic mass is 19.1. The Bertz CT molecular complexity index is 1420. The van der Waals surface area contributed by atoms with Crippen molar-refractivity contribution in [3.05, 3.63) is 69.4 Å². The van der Waals surface area contributed by atoms with Crippen LogP contribution in [0.1, 0.15) is 48.3 Å². The smallest absolute Gasteiger partial charge is 0.337 e. The molecule has 1 unspecified atom stereocenters. The summed E-state index contributed by atoms with van der Waals surface area (Å²) in [7, 11) is 0. The molecule has 0 amide bonds. The van der Waals surface area contributed by atoms with E-state index >= 15 is 0 Å². The van der Waals surface area contributed by atoms with Crippen LogP contribution in [0.3, 0.4) is 0 Å². The first-order valence-corrected chi connectivity index (χ1v) is 10.6. The minimum absolute atomic E-state index is 0.0876. The van der Waals surface area contributed by atoms with E-state index in [9.17, 15) is 19.1 Å². The largest absolute Gasteiger partial charge is 0.478 e. The van der Waals surface area contributed by atoms with E-state index in [2.05, 4.69) is 10.4 Å². The third-order valence-electron chi connectivity index (χ3n) is 5.79. The number of nitrogens with zero attached hydrogens (tertiary/aromatic N) is 3. The van der Waals surface area contributed by atoms with Crippen LogP contribution >= 0.6 is 0 Å². The molecule has 2 heterocycles. The van der Waals surface area contributed by atoms with Crippen molar-refractivity contribution in [1.82, 2.24) is 14.3 Å². The quantitative estimate of drug-likeness (QED) is 0.457. The van der Waals surface area contributed by atoms with Gasteiger partial charge in [0.1, 0.15) is 11.5 Å². The Morgan fingerprint density at radius 2 is 1.94 bits per heavy atom. The van der Waals surface area contributed by atoms with Gasteiger partial charge in [-0.25, -0.2) is 13.9 Å². The Labute approximate surface area is 184 Å². The van der Waals surface area contributed by atoms with Gasteiger partial charge in [-0.05, 0) is 63.1 Å². The van der Waals surface area contributed by atoms with Gasteiger partial charge in [0.2, 0.25) is 0 Å².